The number of imidazole rings is 1. The summed E-state index contributed by atoms with van der Waals surface area (Å²) in [6.45, 7) is 1.84. The molecule has 23 heavy (non-hydrogen) atoms. The molecule has 0 bridgehead atoms. The lowest BCUT2D eigenvalue weighted by atomic mass is 10.1. The van der Waals surface area contributed by atoms with Crippen LogP contribution in [0.3, 0.4) is 0 Å². The lowest BCUT2D eigenvalue weighted by Gasteiger charge is -2.21. The van der Waals surface area contributed by atoms with E-state index in [-0.39, 0.29) is 12.0 Å². The number of hydrogen-bond donors (Lipinski definition) is 1. The number of carbonyl (C=O) groups excluding carboxylic acids is 1. The number of carbonyl (C=O) groups is 1. The van der Waals surface area contributed by atoms with Gasteiger partial charge in [0.1, 0.15) is 6.10 Å². The summed E-state index contributed by atoms with van der Waals surface area (Å²) >= 11 is 0. The fourth-order valence-corrected chi connectivity index (χ4v) is 2.51. The first kappa shape index (κ1) is 15.6. The Morgan fingerprint density at radius 1 is 1.35 bits per heavy atom. The lowest BCUT2D eigenvalue weighted by Crippen LogP contribution is -2.24. The molecule has 2 aromatic rings. The van der Waals surface area contributed by atoms with Crippen LogP contribution in [-0.2, 0) is 22.6 Å². The molecule has 1 fully saturated rings. The van der Waals surface area contributed by atoms with Gasteiger partial charge in [-0.3, -0.25) is 4.79 Å². The first-order valence-corrected chi connectivity index (χ1v) is 7.96. The molecular formula is C16H21N5O2. The number of aryl methyl sites for hydroxylation is 1. The predicted molar refractivity (Wildman–Crippen MR) is 83.3 cm³/mol. The van der Waals surface area contributed by atoms with Crippen molar-refractivity contribution in [1.82, 2.24) is 24.8 Å². The fourth-order valence-electron chi connectivity index (χ4n) is 2.51. The van der Waals surface area contributed by atoms with Crippen molar-refractivity contribution in [3.63, 3.8) is 0 Å². The second kappa shape index (κ2) is 7.82. The zero-order valence-electron chi connectivity index (χ0n) is 13.0. The van der Waals surface area contributed by atoms with E-state index in [1.165, 1.54) is 0 Å². The summed E-state index contributed by atoms with van der Waals surface area (Å²) in [5.41, 5.74) is 0.889. The summed E-state index contributed by atoms with van der Waals surface area (Å²) in [6, 6.07) is 0. The average molecular weight is 315 g/mol. The third kappa shape index (κ3) is 4.59. The van der Waals surface area contributed by atoms with Gasteiger partial charge in [-0.15, -0.1) is 0 Å². The molecule has 3 heterocycles. The minimum absolute atomic E-state index is 0.00149. The highest BCUT2D eigenvalue weighted by atomic mass is 16.5. The summed E-state index contributed by atoms with van der Waals surface area (Å²) in [6.07, 6.45) is 12.4. The highest BCUT2D eigenvalue weighted by Crippen LogP contribution is 2.24. The van der Waals surface area contributed by atoms with Crippen molar-refractivity contribution >= 4 is 5.91 Å². The summed E-state index contributed by atoms with van der Waals surface area (Å²) < 4.78 is 7.54. The normalized spacial score (nSPS) is 17.8. The number of hydrogen-bond acceptors (Lipinski definition) is 5. The molecule has 1 aliphatic rings. The van der Waals surface area contributed by atoms with Gasteiger partial charge in [0.05, 0.1) is 6.33 Å². The van der Waals surface area contributed by atoms with E-state index in [0.717, 1.165) is 37.3 Å². The van der Waals surface area contributed by atoms with Crippen LogP contribution < -0.4 is 5.32 Å². The van der Waals surface area contributed by atoms with Crippen LogP contribution in [0.1, 0.15) is 43.2 Å². The summed E-state index contributed by atoms with van der Waals surface area (Å²) in [5.74, 6) is 0.735. The van der Waals surface area contributed by atoms with Crippen LogP contribution in [0, 0.1) is 0 Å². The van der Waals surface area contributed by atoms with Crippen molar-refractivity contribution in [3.05, 3.63) is 42.5 Å². The molecule has 0 unspecified atom stereocenters. The van der Waals surface area contributed by atoms with Crippen molar-refractivity contribution in [2.24, 2.45) is 0 Å². The Hall–Kier alpha value is -2.28. The van der Waals surface area contributed by atoms with E-state index in [1.807, 2.05) is 10.8 Å². The van der Waals surface area contributed by atoms with Gasteiger partial charge in [0.15, 0.2) is 5.82 Å². The van der Waals surface area contributed by atoms with E-state index in [1.54, 1.807) is 24.9 Å². The van der Waals surface area contributed by atoms with Gasteiger partial charge in [0.25, 0.3) is 0 Å². The number of amides is 1. The largest absolute Gasteiger partial charge is 0.370 e. The van der Waals surface area contributed by atoms with Gasteiger partial charge >= 0.3 is 0 Å². The van der Waals surface area contributed by atoms with Gasteiger partial charge in [-0.2, -0.15) is 0 Å². The van der Waals surface area contributed by atoms with Crippen molar-refractivity contribution in [1.29, 1.82) is 0 Å². The van der Waals surface area contributed by atoms with Gasteiger partial charge in [0, 0.05) is 56.5 Å². The predicted octanol–water partition coefficient (Wildman–Crippen LogP) is 1.62. The zero-order chi connectivity index (χ0) is 15.9. The monoisotopic (exact) mass is 315 g/mol. The molecule has 1 aliphatic heterocycles. The Kier molecular flexibility index (Phi) is 5.31. The topological polar surface area (TPSA) is 81.9 Å². The van der Waals surface area contributed by atoms with Crippen molar-refractivity contribution in [3.8, 4) is 0 Å². The van der Waals surface area contributed by atoms with Crippen LogP contribution in [0.2, 0.25) is 0 Å². The van der Waals surface area contributed by atoms with E-state index in [0.29, 0.717) is 19.5 Å². The molecule has 1 N–H and O–H groups in total. The molecule has 122 valence electrons. The van der Waals surface area contributed by atoms with Gasteiger partial charge in [0.2, 0.25) is 5.91 Å². The van der Waals surface area contributed by atoms with E-state index in [4.69, 9.17) is 4.74 Å². The van der Waals surface area contributed by atoms with E-state index in [9.17, 15) is 4.79 Å². The van der Waals surface area contributed by atoms with Crippen LogP contribution in [0.25, 0.3) is 0 Å². The third-order valence-corrected chi connectivity index (χ3v) is 3.84. The molecule has 0 spiro atoms. The summed E-state index contributed by atoms with van der Waals surface area (Å²) in [4.78, 5) is 24.5. The van der Waals surface area contributed by atoms with Gasteiger partial charge in [-0.25, -0.2) is 15.0 Å². The molecule has 3 rings (SSSR count). The highest BCUT2D eigenvalue weighted by Gasteiger charge is 2.18. The van der Waals surface area contributed by atoms with Gasteiger partial charge in [-0.1, -0.05) is 0 Å². The van der Waals surface area contributed by atoms with Gasteiger partial charge < -0.3 is 14.6 Å². The number of nitrogens with zero attached hydrogens (tertiary/aromatic N) is 4. The molecule has 1 saturated heterocycles. The number of ether oxygens (including phenoxy) is 1. The number of aromatic nitrogens is 4. The van der Waals surface area contributed by atoms with Crippen molar-refractivity contribution in [2.45, 2.75) is 44.9 Å². The maximum absolute atomic E-state index is 11.8. The van der Waals surface area contributed by atoms with Crippen LogP contribution >= 0.6 is 0 Å². The Bertz CT molecular complexity index is 606. The molecule has 0 aromatic carbocycles. The summed E-state index contributed by atoms with van der Waals surface area (Å²) in [5, 5.41) is 2.88. The van der Waals surface area contributed by atoms with E-state index < -0.39 is 0 Å². The molecular weight excluding hydrogens is 294 g/mol. The average Bonchev–Trinajstić information content (AvgIpc) is 3.13. The Balaban J connectivity index is 1.43. The second-order valence-corrected chi connectivity index (χ2v) is 5.63. The van der Waals surface area contributed by atoms with Crippen molar-refractivity contribution < 1.29 is 9.53 Å². The summed E-state index contributed by atoms with van der Waals surface area (Å²) in [7, 11) is 0. The number of nitrogens with one attached hydrogen (secondary N) is 1. The Labute approximate surface area is 135 Å². The molecule has 2 aromatic heterocycles. The molecule has 0 saturated carbocycles. The quantitative estimate of drug-likeness (QED) is 0.876. The van der Waals surface area contributed by atoms with Gasteiger partial charge in [-0.05, 0) is 19.3 Å². The van der Waals surface area contributed by atoms with Crippen LogP contribution in [0.4, 0.5) is 0 Å². The first-order chi connectivity index (χ1) is 11.3. The number of rotatable bonds is 6. The fraction of sp³-hybridized carbons (Fsp3) is 0.500. The molecule has 1 amide bonds. The minimum Gasteiger partial charge on any atom is -0.370 e. The second-order valence-electron chi connectivity index (χ2n) is 5.63. The maximum atomic E-state index is 11.8. The van der Waals surface area contributed by atoms with Crippen LogP contribution in [-0.4, -0.2) is 32.0 Å². The van der Waals surface area contributed by atoms with E-state index in [2.05, 4.69) is 20.3 Å². The standard InChI is InChI=1S/C16H21N5O2/c22-15(4-6-21-7-5-17-12-21)18-9-13-10-19-16(20-11-13)14-3-1-2-8-23-14/h5,7,10-12,14H,1-4,6,8-9H2,(H,18,22)/t14-/m1/s1. The molecule has 0 aliphatic carbocycles. The smallest absolute Gasteiger partial charge is 0.222 e. The lowest BCUT2D eigenvalue weighted by molar-refractivity contribution is -0.121. The van der Waals surface area contributed by atoms with Crippen LogP contribution in [0.15, 0.2) is 31.1 Å². The zero-order valence-corrected chi connectivity index (χ0v) is 13.0. The third-order valence-electron chi connectivity index (χ3n) is 3.84. The molecule has 7 nitrogen and oxygen atoms in total. The highest BCUT2D eigenvalue weighted by molar-refractivity contribution is 5.75. The maximum Gasteiger partial charge on any atom is 0.222 e. The minimum atomic E-state index is -0.00149. The molecule has 7 heteroatoms. The van der Waals surface area contributed by atoms with E-state index >= 15 is 0 Å². The molecule has 0 radical (unpaired) electrons. The SMILES string of the molecule is O=C(CCn1ccnc1)NCc1cnc([C@H]2CCCCO2)nc1. The Morgan fingerprint density at radius 3 is 2.91 bits per heavy atom. The van der Waals surface area contributed by atoms with Crippen LogP contribution in [0.5, 0.6) is 0 Å². The Morgan fingerprint density at radius 2 is 2.22 bits per heavy atom. The van der Waals surface area contributed by atoms with Crippen molar-refractivity contribution in [2.75, 3.05) is 6.61 Å². The molecule has 1 atom stereocenters. The first-order valence-electron chi connectivity index (χ1n) is 7.96.